The van der Waals surface area contributed by atoms with Gasteiger partial charge in [0.05, 0.1) is 18.4 Å². The van der Waals surface area contributed by atoms with Crippen LogP contribution in [0.1, 0.15) is 22.8 Å². The summed E-state index contributed by atoms with van der Waals surface area (Å²) in [6, 6.07) is 10.8. The van der Waals surface area contributed by atoms with Crippen molar-refractivity contribution in [1.82, 2.24) is 18.7 Å². The Labute approximate surface area is 185 Å². The molecule has 2 amide bonds. The average molecular weight is 452 g/mol. The molecule has 1 aromatic carbocycles. The summed E-state index contributed by atoms with van der Waals surface area (Å²) < 4.78 is 3.90. The monoisotopic (exact) mass is 452 g/mol. The number of amides is 2. The highest BCUT2D eigenvalue weighted by Gasteiger charge is 2.20. The maximum absolute atomic E-state index is 13.2. The van der Waals surface area contributed by atoms with E-state index in [-0.39, 0.29) is 28.3 Å². The van der Waals surface area contributed by atoms with Crippen molar-refractivity contribution in [2.75, 3.05) is 5.32 Å². The first-order chi connectivity index (χ1) is 15.4. The summed E-state index contributed by atoms with van der Waals surface area (Å²) >= 11 is 1.12. The van der Waals surface area contributed by atoms with Crippen molar-refractivity contribution < 1.29 is 9.59 Å². The smallest absolute Gasteiger partial charge is 0.333 e. The first kappa shape index (κ1) is 21.2. The fourth-order valence-corrected chi connectivity index (χ4v) is 4.24. The van der Waals surface area contributed by atoms with Gasteiger partial charge in [0, 0.05) is 6.54 Å². The fraction of sp³-hybridized carbons (Fsp3) is 0.190. The topological polar surface area (TPSA) is 134 Å². The third kappa shape index (κ3) is 3.85. The molecule has 0 atom stereocenters. The maximum atomic E-state index is 13.2. The standard InChI is InChI=1S/C21H20N6O4S/c1-2-25-12-23-18-16(25)20(30)27(21(31)26(18)10-13-6-4-3-5-7-13)11-15(28)24-19-14(17(22)29)8-9-32-19/h3-9,12H,2,10-11H2,1H3,(H2,22,29)(H,24,28). The second-order valence-corrected chi connectivity index (χ2v) is 7.94. The lowest BCUT2D eigenvalue weighted by atomic mass is 10.2. The number of thiophene rings is 1. The lowest BCUT2D eigenvalue weighted by molar-refractivity contribution is -0.116. The van der Waals surface area contributed by atoms with Crippen LogP contribution in [0.15, 0.2) is 57.7 Å². The van der Waals surface area contributed by atoms with Gasteiger partial charge in [-0.15, -0.1) is 11.3 Å². The number of fused-ring (bicyclic) bond motifs is 1. The molecule has 0 unspecified atom stereocenters. The molecule has 0 saturated heterocycles. The molecule has 0 bridgehead atoms. The zero-order valence-corrected chi connectivity index (χ0v) is 18.0. The van der Waals surface area contributed by atoms with E-state index in [0.29, 0.717) is 6.54 Å². The first-order valence-electron chi connectivity index (χ1n) is 9.80. The number of anilines is 1. The molecule has 3 N–H and O–H groups in total. The molecule has 3 aromatic heterocycles. The van der Waals surface area contributed by atoms with Crippen molar-refractivity contribution >= 4 is 39.3 Å². The molecule has 11 heteroatoms. The van der Waals surface area contributed by atoms with Crippen molar-refractivity contribution in [2.45, 2.75) is 26.6 Å². The van der Waals surface area contributed by atoms with Gasteiger partial charge in [-0.2, -0.15) is 0 Å². The Morgan fingerprint density at radius 1 is 1.12 bits per heavy atom. The Balaban J connectivity index is 1.77. The second-order valence-electron chi connectivity index (χ2n) is 7.02. The molecule has 10 nitrogen and oxygen atoms in total. The molecular formula is C21H20N6O4S. The highest BCUT2D eigenvalue weighted by atomic mass is 32.1. The minimum atomic E-state index is -0.683. The highest BCUT2D eigenvalue weighted by molar-refractivity contribution is 7.14. The maximum Gasteiger partial charge on any atom is 0.333 e. The van der Waals surface area contributed by atoms with Gasteiger partial charge in [-0.25, -0.2) is 14.3 Å². The first-order valence-corrected chi connectivity index (χ1v) is 10.7. The van der Waals surface area contributed by atoms with Gasteiger partial charge in [0.2, 0.25) is 5.91 Å². The Morgan fingerprint density at radius 3 is 2.56 bits per heavy atom. The molecule has 0 radical (unpaired) electrons. The minimum absolute atomic E-state index is 0.164. The van der Waals surface area contributed by atoms with Gasteiger partial charge in [-0.05, 0) is 23.9 Å². The number of nitrogens with two attached hydrogens (primary N) is 1. The van der Waals surface area contributed by atoms with Gasteiger partial charge in [-0.3, -0.25) is 19.0 Å². The van der Waals surface area contributed by atoms with E-state index in [1.54, 1.807) is 9.95 Å². The Kier molecular flexibility index (Phi) is 5.73. The van der Waals surface area contributed by atoms with E-state index in [0.717, 1.165) is 21.5 Å². The minimum Gasteiger partial charge on any atom is -0.366 e. The molecule has 0 aliphatic carbocycles. The number of carbonyl (C=O) groups is 2. The number of hydrogen-bond acceptors (Lipinski definition) is 6. The van der Waals surface area contributed by atoms with Crippen LogP contribution in [0.4, 0.5) is 5.00 Å². The number of benzene rings is 1. The fourth-order valence-electron chi connectivity index (χ4n) is 3.44. The number of aryl methyl sites for hydroxylation is 1. The van der Waals surface area contributed by atoms with Crippen molar-refractivity contribution in [1.29, 1.82) is 0 Å². The van der Waals surface area contributed by atoms with Crippen molar-refractivity contribution in [3.8, 4) is 0 Å². The van der Waals surface area contributed by atoms with Gasteiger partial charge in [0.15, 0.2) is 11.2 Å². The average Bonchev–Trinajstić information content (AvgIpc) is 3.42. The Bertz CT molecular complexity index is 1430. The largest absolute Gasteiger partial charge is 0.366 e. The van der Waals surface area contributed by atoms with E-state index in [9.17, 15) is 19.2 Å². The normalized spacial score (nSPS) is 11.0. The van der Waals surface area contributed by atoms with Gasteiger partial charge >= 0.3 is 5.69 Å². The molecule has 0 aliphatic rings. The number of primary amides is 1. The molecular weight excluding hydrogens is 432 g/mol. The quantitative estimate of drug-likeness (QED) is 0.435. The predicted octanol–water partition coefficient (Wildman–Crippen LogP) is 1.23. The summed E-state index contributed by atoms with van der Waals surface area (Å²) in [7, 11) is 0. The molecule has 0 spiro atoms. The highest BCUT2D eigenvalue weighted by Crippen LogP contribution is 2.22. The summed E-state index contributed by atoms with van der Waals surface area (Å²) in [4.78, 5) is 54.8. The number of rotatable bonds is 7. The summed E-state index contributed by atoms with van der Waals surface area (Å²) in [5.41, 5.74) is 5.57. The third-order valence-electron chi connectivity index (χ3n) is 4.99. The number of nitrogens with one attached hydrogen (secondary N) is 1. The molecule has 32 heavy (non-hydrogen) atoms. The number of nitrogens with zero attached hydrogens (tertiary/aromatic N) is 4. The van der Waals surface area contributed by atoms with Crippen LogP contribution in [0.25, 0.3) is 11.2 Å². The molecule has 4 aromatic rings. The summed E-state index contributed by atoms with van der Waals surface area (Å²) in [6.07, 6.45) is 1.50. The van der Waals surface area contributed by atoms with Crippen LogP contribution >= 0.6 is 11.3 Å². The number of imidazole rings is 1. The van der Waals surface area contributed by atoms with Crippen LogP contribution < -0.4 is 22.3 Å². The van der Waals surface area contributed by atoms with Gasteiger partial charge in [0.25, 0.3) is 11.5 Å². The van der Waals surface area contributed by atoms with E-state index in [4.69, 9.17) is 5.73 Å². The van der Waals surface area contributed by atoms with E-state index < -0.39 is 29.6 Å². The Hall–Kier alpha value is -3.99. The SMILES string of the molecule is CCn1cnc2c1c(=O)n(CC(=O)Nc1sccc1C(N)=O)c(=O)n2Cc1ccccc1. The molecule has 0 aliphatic heterocycles. The van der Waals surface area contributed by atoms with Crippen molar-refractivity contribution in [3.63, 3.8) is 0 Å². The van der Waals surface area contributed by atoms with Crippen LogP contribution in [0.2, 0.25) is 0 Å². The Morgan fingerprint density at radius 2 is 1.88 bits per heavy atom. The van der Waals surface area contributed by atoms with Gasteiger partial charge in [0.1, 0.15) is 11.5 Å². The van der Waals surface area contributed by atoms with E-state index in [1.165, 1.54) is 17.0 Å². The predicted molar refractivity (Wildman–Crippen MR) is 121 cm³/mol. The lowest BCUT2D eigenvalue weighted by Gasteiger charge is -2.12. The van der Waals surface area contributed by atoms with E-state index >= 15 is 0 Å². The molecule has 0 saturated carbocycles. The lowest BCUT2D eigenvalue weighted by Crippen LogP contribution is -2.43. The van der Waals surface area contributed by atoms with Gasteiger partial charge in [-0.1, -0.05) is 30.3 Å². The third-order valence-corrected chi connectivity index (χ3v) is 5.82. The summed E-state index contributed by atoms with van der Waals surface area (Å²) in [6.45, 7) is 1.99. The van der Waals surface area contributed by atoms with Gasteiger partial charge < -0.3 is 15.6 Å². The zero-order chi connectivity index (χ0) is 22.8. The molecule has 164 valence electrons. The molecule has 0 fully saturated rings. The zero-order valence-electron chi connectivity index (χ0n) is 17.1. The van der Waals surface area contributed by atoms with Crippen LogP contribution in [0.5, 0.6) is 0 Å². The summed E-state index contributed by atoms with van der Waals surface area (Å²) in [5, 5.41) is 4.44. The van der Waals surface area contributed by atoms with Crippen molar-refractivity contribution in [2.24, 2.45) is 5.73 Å². The van der Waals surface area contributed by atoms with Crippen molar-refractivity contribution in [3.05, 3.63) is 80.1 Å². The summed E-state index contributed by atoms with van der Waals surface area (Å²) in [5.74, 6) is -1.31. The number of aromatic nitrogens is 4. The van der Waals surface area contributed by atoms with Crippen LogP contribution in [-0.2, 0) is 24.4 Å². The number of carbonyl (C=O) groups excluding carboxylic acids is 2. The van der Waals surface area contributed by atoms with E-state index in [2.05, 4.69) is 10.3 Å². The molecule has 4 rings (SSSR count). The van der Waals surface area contributed by atoms with Crippen LogP contribution in [-0.4, -0.2) is 30.5 Å². The number of hydrogen-bond donors (Lipinski definition) is 2. The molecule has 3 heterocycles. The van der Waals surface area contributed by atoms with Crippen LogP contribution in [0.3, 0.4) is 0 Å². The van der Waals surface area contributed by atoms with E-state index in [1.807, 2.05) is 37.3 Å². The second kappa shape index (κ2) is 8.63. The van der Waals surface area contributed by atoms with Crippen LogP contribution in [0, 0.1) is 0 Å².